The molecule has 0 atom stereocenters. The average Bonchev–Trinajstić information content (AvgIpc) is 2.85. The highest BCUT2D eigenvalue weighted by atomic mass is 16.5. The van der Waals surface area contributed by atoms with Gasteiger partial charge in [-0.25, -0.2) is 0 Å². The minimum atomic E-state index is 0.814. The van der Waals surface area contributed by atoms with E-state index in [2.05, 4.69) is 79.5 Å². The maximum absolute atomic E-state index is 5.89. The van der Waals surface area contributed by atoms with Gasteiger partial charge >= 0.3 is 0 Å². The Bertz CT molecular complexity index is 882. The maximum atomic E-state index is 5.89. The Hall–Kier alpha value is -2.61. The molecule has 3 aromatic rings. The molecule has 0 spiro atoms. The Kier molecular flexibility index (Phi) is 10.3. The van der Waals surface area contributed by atoms with Crippen LogP contribution in [0.3, 0.4) is 0 Å². The van der Waals surface area contributed by atoms with E-state index in [-0.39, 0.29) is 0 Å². The molecule has 0 N–H and O–H groups in total. The second-order valence-electron chi connectivity index (χ2n) is 8.75. The van der Waals surface area contributed by atoms with E-state index in [0.29, 0.717) is 0 Å². The molecule has 0 saturated carbocycles. The van der Waals surface area contributed by atoms with Crippen molar-refractivity contribution in [2.24, 2.45) is 0 Å². The Morgan fingerprint density at radius 3 is 1.91 bits per heavy atom. The first-order valence-corrected chi connectivity index (χ1v) is 12.5. The third kappa shape index (κ3) is 8.15. The molecule has 0 amide bonds. The van der Waals surface area contributed by atoms with Crippen LogP contribution in [0.25, 0.3) is 11.1 Å². The minimum absolute atomic E-state index is 0.814. The van der Waals surface area contributed by atoms with Crippen LogP contribution in [0.4, 0.5) is 0 Å². The number of hydrogen-bond donors (Lipinski definition) is 0. The molecule has 0 bridgehead atoms. The summed E-state index contributed by atoms with van der Waals surface area (Å²) in [6.07, 6.45) is 14.0. The van der Waals surface area contributed by atoms with Crippen molar-refractivity contribution in [3.05, 3.63) is 83.7 Å². The summed E-state index contributed by atoms with van der Waals surface area (Å²) in [5, 5.41) is 0. The van der Waals surface area contributed by atoms with Gasteiger partial charge in [0, 0.05) is 11.9 Å². The molecule has 0 radical (unpaired) electrons. The summed E-state index contributed by atoms with van der Waals surface area (Å²) >= 11 is 0. The highest BCUT2D eigenvalue weighted by molar-refractivity contribution is 5.64. The quantitative estimate of drug-likeness (QED) is 0.241. The Morgan fingerprint density at radius 1 is 0.594 bits per heavy atom. The molecule has 1 aromatic heterocycles. The fourth-order valence-corrected chi connectivity index (χ4v) is 3.91. The highest BCUT2D eigenvalue weighted by Crippen LogP contribution is 2.23. The molecule has 3 rings (SSSR count). The summed E-state index contributed by atoms with van der Waals surface area (Å²) in [6.45, 7) is 5.29. The SMILES string of the molecule is CCCCCCCOc1ccc(-c2ccc(CCc3ccc(CCCC)cn3)cc2)cc1. The molecule has 32 heavy (non-hydrogen) atoms. The van der Waals surface area contributed by atoms with Gasteiger partial charge in [-0.3, -0.25) is 4.98 Å². The van der Waals surface area contributed by atoms with Gasteiger partial charge in [-0.15, -0.1) is 0 Å². The minimum Gasteiger partial charge on any atom is -0.494 e. The van der Waals surface area contributed by atoms with E-state index in [4.69, 9.17) is 4.74 Å². The fourth-order valence-electron chi connectivity index (χ4n) is 3.91. The summed E-state index contributed by atoms with van der Waals surface area (Å²) in [7, 11) is 0. The first kappa shape index (κ1) is 24.0. The largest absolute Gasteiger partial charge is 0.494 e. The number of aromatic nitrogens is 1. The van der Waals surface area contributed by atoms with Crippen molar-refractivity contribution < 1.29 is 4.74 Å². The normalized spacial score (nSPS) is 10.9. The zero-order valence-electron chi connectivity index (χ0n) is 20.0. The van der Waals surface area contributed by atoms with Crippen molar-refractivity contribution in [2.45, 2.75) is 78.1 Å². The average molecular weight is 430 g/mol. The standard InChI is InChI=1S/C30H39NO/c1-3-5-7-8-9-23-32-30-21-17-28(18-22-30)27-15-11-25(12-16-27)13-19-29-20-14-26(24-31-29)10-6-4-2/h11-12,14-18,20-22,24H,3-10,13,19,23H2,1-2H3. The van der Waals surface area contributed by atoms with Crippen LogP contribution >= 0.6 is 0 Å². The number of rotatable bonds is 14. The second kappa shape index (κ2) is 13.7. The number of aryl methyl sites for hydroxylation is 3. The van der Waals surface area contributed by atoms with Crippen LogP contribution in [0.1, 0.15) is 75.6 Å². The van der Waals surface area contributed by atoms with Gasteiger partial charge < -0.3 is 4.74 Å². The first-order chi connectivity index (χ1) is 15.8. The van der Waals surface area contributed by atoms with E-state index in [1.807, 2.05) is 6.20 Å². The van der Waals surface area contributed by atoms with Crippen molar-refractivity contribution >= 4 is 0 Å². The zero-order chi connectivity index (χ0) is 22.4. The smallest absolute Gasteiger partial charge is 0.119 e. The van der Waals surface area contributed by atoms with E-state index in [1.165, 1.54) is 66.5 Å². The molecule has 0 saturated heterocycles. The lowest BCUT2D eigenvalue weighted by Gasteiger charge is -2.08. The van der Waals surface area contributed by atoms with Gasteiger partial charge in [-0.2, -0.15) is 0 Å². The lowest BCUT2D eigenvalue weighted by molar-refractivity contribution is 0.304. The van der Waals surface area contributed by atoms with Crippen LogP contribution in [0, 0.1) is 0 Å². The van der Waals surface area contributed by atoms with Crippen LogP contribution < -0.4 is 4.74 Å². The van der Waals surface area contributed by atoms with Gasteiger partial charge in [-0.1, -0.05) is 88.4 Å². The fraction of sp³-hybridized carbons (Fsp3) is 0.433. The van der Waals surface area contributed by atoms with Crippen LogP contribution in [-0.4, -0.2) is 11.6 Å². The predicted molar refractivity (Wildman–Crippen MR) is 136 cm³/mol. The second-order valence-corrected chi connectivity index (χ2v) is 8.75. The molecule has 0 aliphatic carbocycles. The Morgan fingerprint density at radius 2 is 1.25 bits per heavy atom. The Balaban J connectivity index is 1.44. The van der Waals surface area contributed by atoms with E-state index in [9.17, 15) is 0 Å². The van der Waals surface area contributed by atoms with Gasteiger partial charge in [0.15, 0.2) is 0 Å². The number of benzene rings is 2. The topological polar surface area (TPSA) is 22.1 Å². The van der Waals surface area contributed by atoms with E-state index < -0.39 is 0 Å². The Labute approximate surface area is 195 Å². The molecule has 170 valence electrons. The van der Waals surface area contributed by atoms with Gasteiger partial charge in [0.2, 0.25) is 0 Å². The molecule has 2 heteroatoms. The van der Waals surface area contributed by atoms with Crippen LogP contribution in [-0.2, 0) is 19.3 Å². The van der Waals surface area contributed by atoms with Gasteiger partial charge in [-0.05, 0) is 72.6 Å². The molecule has 0 unspecified atom stereocenters. The lowest BCUT2D eigenvalue weighted by atomic mass is 10.0. The number of unbranched alkanes of at least 4 members (excludes halogenated alkanes) is 5. The maximum Gasteiger partial charge on any atom is 0.119 e. The number of ether oxygens (including phenoxy) is 1. The summed E-state index contributed by atoms with van der Waals surface area (Å²) in [5.74, 6) is 0.967. The lowest BCUT2D eigenvalue weighted by Crippen LogP contribution is -1.97. The van der Waals surface area contributed by atoms with E-state index in [0.717, 1.165) is 38.0 Å². The van der Waals surface area contributed by atoms with Crippen molar-refractivity contribution in [2.75, 3.05) is 6.61 Å². The molecular formula is C30H39NO. The highest BCUT2D eigenvalue weighted by Gasteiger charge is 2.02. The molecule has 0 aliphatic rings. The third-order valence-corrected chi connectivity index (χ3v) is 6.03. The molecular weight excluding hydrogens is 390 g/mol. The van der Waals surface area contributed by atoms with Crippen molar-refractivity contribution in [1.82, 2.24) is 4.98 Å². The number of hydrogen-bond acceptors (Lipinski definition) is 2. The summed E-state index contributed by atoms with van der Waals surface area (Å²) in [5.41, 5.74) is 6.36. The molecule has 1 heterocycles. The van der Waals surface area contributed by atoms with Crippen molar-refractivity contribution in [1.29, 1.82) is 0 Å². The molecule has 0 aliphatic heterocycles. The van der Waals surface area contributed by atoms with Gasteiger partial charge in [0.1, 0.15) is 5.75 Å². The van der Waals surface area contributed by atoms with Gasteiger partial charge in [0.05, 0.1) is 6.61 Å². The molecule has 0 fully saturated rings. The number of nitrogens with zero attached hydrogens (tertiary/aromatic N) is 1. The van der Waals surface area contributed by atoms with Crippen molar-refractivity contribution in [3.8, 4) is 16.9 Å². The monoisotopic (exact) mass is 429 g/mol. The van der Waals surface area contributed by atoms with E-state index in [1.54, 1.807) is 0 Å². The predicted octanol–water partition coefficient (Wildman–Crippen LogP) is 8.23. The zero-order valence-corrected chi connectivity index (χ0v) is 20.0. The number of pyridine rings is 1. The van der Waals surface area contributed by atoms with Gasteiger partial charge in [0.25, 0.3) is 0 Å². The van der Waals surface area contributed by atoms with Crippen LogP contribution in [0.15, 0.2) is 66.9 Å². The van der Waals surface area contributed by atoms with E-state index >= 15 is 0 Å². The summed E-state index contributed by atoms with van der Waals surface area (Å²) in [4.78, 5) is 4.65. The van der Waals surface area contributed by atoms with Crippen LogP contribution in [0.2, 0.25) is 0 Å². The van der Waals surface area contributed by atoms with Crippen molar-refractivity contribution in [3.63, 3.8) is 0 Å². The third-order valence-electron chi connectivity index (χ3n) is 6.03. The molecule has 2 aromatic carbocycles. The summed E-state index contributed by atoms with van der Waals surface area (Å²) < 4.78 is 5.89. The summed E-state index contributed by atoms with van der Waals surface area (Å²) in [6, 6.07) is 21.8. The van der Waals surface area contributed by atoms with Crippen LogP contribution in [0.5, 0.6) is 5.75 Å². The first-order valence-electron chi connectivity index (χ1n) is 12.5. The molecule has 2 nitrogen and oxygen atoms in total.